The van der Waals surface area contributed by atoms with Gasteiger partial charge in [0, 0.05) is 18.3 Å². The second-order valence-electron chi connectivity index (χ2n) is 6.27. The van der Waals surface area contributed by atoms with Gasteiger partial charge in [-0.2, -0.15) is 5.26 Å². The van der Waals surface area contributed by atoms with E-state index in [4.69, 9.17) is 14.2 Å². The Bertz CT molecular complexity index is 691. The van der Waals surface area contributed by atoms with Crippen molar-refractivity contribution in [3.8, 4) is 17.9 Å². The molecule has 0 saturated heterocycles. The van der Waals surface area contributed by atoms with Crippen LogP contribution >= 0.6 is 0 Å². The molecule has 1 aliphatic rings. The largest absolute Gasteiger partial charge is 0.465 e. The first-order chi connectivity index (χ1) is 13.4. The second-order valence-corrected chi connectivity index (χ2v) is 6.27. The van der Waals surface area contributed by atoms with Crippen molar-refractivity contribution in [2.45, 2.75) is 40.5 Å². The van der Waals surface area contributed by atoms with Gasteiger partial charge < -0.3 is 14.2 Å². The summed E-state index contributed by atoms with van der Waals surface area (Å²) in [5.74, 6) is 1.36. The number of ether oxygens (including phenoxy) is 3. The van der Waals surface area contributed by atoms with Crippen LogP contribution in [0, 0.1) is 46.3 Å². The van der Waals surface area contributed by atoms with Crippen LogP contribution in [0.1, 0.15) is 40.5 Å². The van der Waals surface area contributed by atoms with Crippen molar-refractivity contribution in [2.75, 3.05) is 19.8 Å². The summed E-state index contributed by atoms with van der Waals surface area (Å²) in [7, 11) is 0. The summed E-state index contributed by atoms with van der Waals surface area (Å²) in [6.45, 7) is 6.94. The van der Waals surface area contributed by atoms with E-state index in [1.165, 1.54) is 0 Å². The van der Waals surface area contributed by atoms with E-state index in [0.29, 0.717) is 0 Å². The molecule has 7 nitrogen and oxygen atoms in total. The van der Waals surface area contributed by atoms with Crippen LogP contribution in [-0.4, -0.2) is 37.7 Å². The molecule has 0 fully saturated rings. The van der Waals surface area contributed by atoms with Gasteiger partial charge in [0.2, 0.25) is 0 Å². The molecule has 0 N–H and O–H groups in total. The van der Waals surface area contributed by atoms with Gasteiger partial charge in [-0.1, -0.05) is 12.2 Å². The minimum Gasteiger partial charge on any atom is -0.465 e. The normalized spacial score (nSPS) is 19.0. The summed E-state index contributed by atoms with van der Waals surface area (Å²) in [4.78, 5) is 37.8. The molecule has 0 aromatic heterocycles. The molecular formula is C21H27NO6. The molecule has 0 aromatic carbocycles. The van der Waals surface area contributed by atoms with Crippen molar-refractivity contribution < 1.29 is 28.6 Å². The Balaban J connectivity index is 3.27. The average Bonchev–Trinajstić information content (AvgIpc) is 3.13. The van der Waals surface area contributed by atoms with Crippen LogP contribution < -0.4 is 0 Å². The van der Waals surface area contributed by atoms with Crippen LogP contribution in [0.5, 0.6) is 0 Å². The zero-order chi connectivity index (χ0) is 21.2. The summed E-state index contributed by atoms with van der Waals surface area (Å²) in [6.07, 6.45) is 3.53. The lowest BCUT2D eigenvalue weighted by Gasteiger charge is -2.32. The van der Waals surface area contributed by atoms with E-state index in [-0.39, 0.29) is 32.7 Å². The zero-order valence-electron chi connectivity index (χ0n) is 16.8. The number of esters is 3. The van der Waals surface area contributed by atoms with E-state index in [0.717, 1.165) is 0 Å². The number of carbonyl (C=O) groups is 3. The summed E-state index contributed by atoms with van der Waals surface area (Å²) in [5.41, 5.74) is -1.64. The fourth-order valence-corrected chi connectivity index (χ4v) is 3.30. The third-order valence-electron chi connectivity index (χ3n) is 4.68. The van der Waals surface area contributed by atoms with Gasteiger partial charge in [0.25, 0.3) is 0 Å². The highest BCUT2D eigenvalue weighted by Crippen LogP contribution is 2.45. The first-order valence-corrected chi connectivity index (χ1v) is 9.41. The van der Waals surface area contributed by atoms with E-state index in [9.17, 15) is 19.6 Å². The highest BCUT2D eigenvalue weighted by molar-refractivity contribution is 6.01. The molecule has 0 bridgehead atoms. The Morgan fingerprint density at radius 1 is 1.07 bits per heavy atom. The molecule has 0 radical (unpaired) electrons. The fourth-order valence-electron chi connectivity index (χ4n) is 3.30. The highest BCUT2D eigenvalue weighted by Gasteiger charge is 2.55. The van der Waals surface area contributed by atoms with Crippen LogP contribution in [0.4, 0.5) is 0 Å². The fraction of sp³-hybridized carbons (Fsp3) is 0.619. The van der Waals surface area contributed by atoms with Gasteiger partial charge in [-0.3, -0.25) is 14.4 Å². The van der Waals surface area contributed by atoms with E-state index in [1.54, 1.807) is 39.8 Å². The van der Waals surface area contributed by atoms with Crippen molar-refractivity contribution in [2.24, 2.45) is 23.2 Å². The average molecular weight is 389 g/mol. The third kappa shape index (κ3) is 4.92. The molecule has 0 heterocycles. The number of rotatable bonds is 9. The monoisotopic (exact) mass is 389 g/mol. The van der Waals surface area contributed by atoms with Crippen molar-refractivity contribution in [3.63, 3.8) is 0 Å². The Labute approximate surface area is 166 Å². The third-order valence-corrected chi connectivity index (χ3v) is 4.68. The van der Waals surface area contributed by atoms with Crippen LogP contribution in [-0.2, 0) is 28.6 Å². The summed E-state index contributed by atoms with van der Waals surface area (Å²) < 4.78 is 15.4. The number of nitrogens with zero attached hydrogens (tertiary/aromatic N) is 1. The molecule has 0 aliphatic heterocycles. The maximum Gasteiger partial charge on any atom is 0.325 e. The minimum atomic E-state index is -1.64. The molecule has 0 aromatic rings. The summed E-state index contributed by atoms with van der Waals surface area (Å²) >= 11 is 0. The van der Waals surface area contributed by atoms with Gasteiger partial charge >= 0.3 is 17.9 Å². The SMILES string of the molecule is CC#CCC(C(=O)OCC)(C(=O)OCC)[C@H]1C=C[C@@H](C(C#N)C(=O)OCC)C1. The van der Waals surface area contributed by atoms with E-state index < -0.39 is 41.1 Å². The Morgan fingerprint density at radius 3 is 2.11 bits per heavy atom. The first kappa shape index (κ1) is 23.2. The van der Waals surface area contributed by atoms with E-state index in [1.807, 2.05) is 6.07 Å². The molecule has 0 amide bonds. The van der Waals surface area contributed by atoms with Gasteiger partial charge in [0.15, 0.2) is 5.41 Å². The predicted octanol–water partition coefficient (Wildman–Crippen LogP) is 2.41. The van der Waals surface area contributed by atoms with Gasteiger partial charge in [-0.05, 0) is 34.1 Å². The summed E-state index contributed by atoms with van der Waals surface area (Å²) in [5, 5.41) is 9.41. The van der Waals surface area contributed by atoms with Crippen molar-refractivity contribution in [1.82, 2.24) is 0 Å². The molecule has 152 valence electrons. The van der Waals surface area contributed by atoms with Gasteiger partial charge in [-0.15, -0.1) is 11.8 Å². The first-order valence-electron chi connectivity index (χ1n) is 9.41. The quantitative estimate of drug-likeness (QED) is 0.196. The van der Waals surface area contributed by atoms with Crippen LogP contribution in [0.2, 0.25) is 0 Å². The van der Waals surface area contributed by atoms with Crippen molar-refractivity contribution >= 4 is 17.9 Å². The molecular weight excluding hydrogens is 362 g/mol. The molecule has 0 spiro atoms. The topological polar surface area (TPSA) is 103 Å². The van der Waals surface area contributed by atoms with Crippen LogP contribution in [0.25, 0.3) is 0 Å². The van der Waals surface area contributed by atoms with Crippen molar-refractivity contribution in [3.05, 3.63) is 12.2 Å². The standard InChI is InChI=1S/C21H27NO6/c1-5-9-12-21(19(24)27-7-3,20(25)28-8-4)16-11-10-15(13-16)17(14-22)18(23)26-6-2/h10-11,15-17H,6-8,12-13H2,1-4H3/t15-,16+,17?/m1/s1. The maximum absolute atomic E-state index is 12.9. The zero-order valence-corrected chi connectivity index (χ0v) is 16.8. The molecule has 1 rings (SSSR count). The highest BCUT2D eigenvalue weighted by atomic mass is 16.6. The molecule has 0 saturated carbocycles. The molecule has 1 aliphatic carbocycles. The number of allylic oxidation sites excluding steroid dienone is 2. The Kier molecular flexibility index (Phi) is 9.24. The number of hydrogen-bond donors (Lipinski definition) is 0. The molecule has 28 heavy (non-hydrogen) atoms. The number of hydrogen-bond acceptors (Lipinski definition) is 7. The smallest absolute Gasteiger partial charge is 0.325 e. The lowest BCUT2D eigenvalue weighted by Crippen LogP contribution is -2.47. The lowest BCUT2D eigenvalue weighted by atomic mass is 9.71. The molecule has 7 heteroatoms. The van der Waals surface area contributed by atoms with Crippen LogP contribution in [0.15, 0.2) is 12.2 Å². The molecule has 1 unspecified atom stereocenters. The van der Waals surface area contributed by atoms with Crippen LogP contribution in [0.3, 0.4) is 0 Å². The Morgan fingerprint density at radius 2 is 1.64 bits per heavy atom. The number of nitriles is 1. The van der Waals surface area contributed by atoms with E-state index >= 15 is 0 Å². The number of carbonyl (C=O) groups excluding carboxylic acids is 3. The lowest BCUT2D eigenvalue weighted by molar-refractivity contribution is -0.175. The Hall–Kier alpha value is -2.80. The van der Waals surface area contributed by atoms with Crippen molar-refractivity contribution in [1.29, 1.82) is 5.26 Å². The van der Waals surface area contributed by atoms with E-state index in [2.05, 4.69) is 11.8 Å². The predicted molar refractivity (Wildman–Crippen MR) is 100 cm³/mol. The maximum atomic E-state index is 12.9. The second kappa shape index (κ2) is 11.1. The summed E-state index contributed by atoms with van der Waals surface area (Å²) in [6, 6.07) is 1.97. The van der Waals surface area contributed by atoms with Gasteiger partial charge in [0.05, 0.1) is 25.9 Å². The van der Waals surface area contributed by atoms with Gasteiger partial charge in [0.1, 0.15) is 5.92 Å². The minimum absolute atomic E-state index is 0.0699. The molecule has 3 atom stereocenters. The van der Waals surface area contributed by atoms with Gasteiger partial charge in [-0.25, -0.2) is 0 Å².